The van der Waals surface area contributed by atoms with Crippen molar-refractivity contribution in [2.75, 3.05) is 11.9 Å². The summed E-state index contributed by atoms with van der Waals surface area (Å²) in [5.74, 6) is 0. The van der Waals surface area contributed by atoms with Gasteiger partial charge < -0.3 is 5.32 Å². The second-order valence-corrected chi connectivity index (χ2v) is 4.98. The molecule has 0 radical (unpaired) electrons. The van der Waals surface area contributed by atoms with Gasteiger partial charge in [0.1, 0.15) is 6.20 Å². The molecule has 0 saturated heterocycles. The molecular formula is C9H13N3O2S. The molecule has 0 atom stereocenters. The molecule has 0 unspecified atom stereocenters. The first kappa shape index (κ1) is 10.4. The van der Waals surface area contributed by atoms with E-state index < -0.39 is 4.92 Å². The number of hydrogen-bond donors (Lipinski definition) is 1. The van der Waals surface area contributed by atoms with Gasteiger partial charge in [-0.15, -0.1) is 0 Å². The van der Waals surface area contributed by atoms with Crippen LogP contribution in [0.15, 0.2) is 6.20 Å². The highest BCUT2D eigenvalue weighted by atomic mass is 32.1. The highest BCUT2D eigenvalue weighted by Gasteiger charge is 2.40. The molecule has 0 aromatic carbocycles. The smallest absolute Gasteiger partial charge is 0.345 e. The highest BCUT2D eigenvalue weighted by Crippen LogP contribution is 2.48. The van der Waals surface area contributed by atoms with Crippen molar-refractivity contribution in [1.29, 1.82) is 0 Å². The molecule has 6 heteroatoms. The zero-order chi connectivity index (χ0) is 10.9. The van der Waals surface area contributed by atoms with Crippen LogP contribution in [-0.2, 0) is 0 Å². The fourth-order valence-corrected chi connectivity index (χ4v) is 2.15. The Morgan fingerprint density at radius 1 is 1.73 bits per heavy atom. The van der Waals surface area contributed by atoms with Crippen molar-refractivity contribution in [1.82, 2.24) is 4.98 Å². The molecule has 1 aliphatic rings. The van der Waals surface area contributed by atoms with Crippen LogP contribution < -0.4 is 5.32 Å². The first-order valence-corrected chi connectivity index (χ1v) is 5.81. The van der Waals surface area contributed by atoms with Crippen LogP contribution in [0.2, 0.25) is 0 Å². The molecule has 0 aliphatic heterocycles. The third kappa shape index (κ3) is 2.26. The third-order valence-corrected chi connectivity index (χ3v) is 3.90. The van der Waals surface area contributed by atoms with E-state index in [0.29, 0.717) is 10.5 Å². The average Bonchev–Trinajstić information content (AvgIpc) is 2.85. The molecule has 0 bridgehead atoms. The zero-order valence-corrected chi connectivity index (χ0v) is 9.34. The van der Waals surface area contributed by atoms with E-state index in [1.165, 1.54) is 19.0 Å². The fourth-order valence-electron chi connectivity index (χ4n) is 1.53. The monoisotopic (exact) mass is 227 g/mol. The predicted molar refractivity (Wildman–Crippen MR) is 59.2 cm³/mol. The lowest BCUT2D eigenvalue weighted by atomic mass is 10.0. The van der Waals surface area contributed by atoms with Gasteiger partial charge in [0.05, 0.1) is 4.92 Å². The van der Waals surface area contributed by atoms with E-state index in [1.54, 1.807) is 0 Å². The Balaban J connectivity index is 1.91. The second-order valence-electron chi connectivity index (χ2n) is 3.97. The largest absolute Gasteiger partial charge is 0.361 e. The van der Waals surface area contributed by atoms with Gasteiger partial charge in [-0.1, -0.05) is 6.92 Å². The summed E-state index contributed by atoms with van der Waals surface area (Å²) in [6.07, 6.45) is 4.97. The maximum absolute atomic E-state index is 10.4. The van der Waals surface area contributed by atoms with Gasteiger partial charge in [0.25, 0.3) is 0 Å². The van der Waals surface area contributed by atoms with Crippen molar-refractivity contribution >= 4 is 21.5 Å². The lowest BCUT2D eigenvalue weighted by Gasteiger charge is -2.11. The van der Waals surface area contributed by atoms with Gasteiger partial charge in [-0.2, -0.15) is 0 Å². The van der Waals surface area contributed by atoms with Crippen LogP contribution in [0.1, 0.15) is 26.2 Å². The minimum absolute atomic E-state index is 0.0962. The third-order valence-electron chi connectivity index (χ3n) is 3.00. The van der Waals surface area contributed by atoms with Crippen LogP contribution in [0.3, 0.4) is 0 Å². The number of aromatic nitrogens is 1. The van der Waals surface area contributed by atoms with E-state index in [2.05, 4.69) is 17.2 Å². The van der Waals surface area contributed by atoms with Crippen LogP contribution in [-0.4, -0.2) is 16.5 Å². The number of rotatable bonds is 5. The van der Waals surface area contributed by atoms with E-state index in [0.717, 1.165) is 24.3 Å². The summed E-state index contributed by atoms with van der Waals surface area (Å²) in [5.41, 5.74) is 0.431. The van der Waals surface area contributed by atoms with Crippen LogP contribution in [0.5, 0.6) is 0 Å². The number of nitrogens with one attached hydrogen (secondary N) is 1. The van der Waals surface area contributed by atoms with Gasteiger partial charge in [-0.3, -0.25) is 10.1 Å². The molecule has 1 aliphatic carbocycles. The SMILES string of the molecule is CCC1(CNc2ncc([N+](=O)[O-])s2)CC1. The molecule has 0 amide bonds. The Labute approximate surface area is 91.7 Å². The van der Waals surface area contributed by atoms with E-state index in [-0.39, 0.29) is 5.00 Å². The lowest BCUT2D eigenvalue weighted by molar-refractivity contribution is -0.380. The van der Waals surface area contributed by atoms with E-state index in [9.17, 15) is 10.1 Å². The van der Waals surface area contributed by atoms with Crippen LogP contribution >= 0.6 is 11.3 Å². The highest BCUT2D eigenvalue weighted by molar-refractivity contribution is 7.18. The van der Waals surface area contributed by atoms with Gasteiger partial charge in [-0.05, 0) is 36.0 Å². The minimum atomic E-state index is -0.407. The second kappa shape index (κ2) is 3.77. The summed E-state index contributed by atoms with van der Waals surface area (Å²) in [6, 6.07) is 0. The number of anilines is 1. The van der Waals surface area contributed by atoms with Crippen molar-refractivity contribution in [2.45, 2.75) is 26.2 Å². The molecular weight excluding hydrogens is 214 g/mol. The zero-order valence-electron chi connectivity index (χ0n) is 8.52. The summed E-state index contributed by atoms with van der Waals surface area (Å²) >= 11 is 1.10. The standard InChI is InChI=1S/C9H13N3O2S/c1-2-9(3-4-9)6-11-8-10-5-7(15-8)12(13)14/h5H,2-4,6H2,1H3,(H,10,11). The van der Waals surface area contributed by atoms with E-state index in [1.807, 2.05) is 0 Å². The van der Waals surface area contributed by atoms with Gasteiger partial charge in [0.15, 0.2) is 5.13 Å². The maximum atomic E-state index is 10.4. The first-order valence-electron chi connectivity index (χ1n) is 4.99. The first-order chi connectivity index (χ1) is 7.15. The predicted octanol–water partition coefficient (Wildman–Crippen LogP) is 2.65. The molecule has 82 valence electrons. The Bertz CT molecular complexity index is 373. The summed E-state index contributed by atoms with van der Waals surface area (Å²) < 4.78 is 0. The van der Waals surface area contributed by atoms with Crippen molar-refractivity contribution in [3.8, 4) is 0 Å². The molecule has 1 fully saturated rings. The number of hydrogen-bond acceptors (Lipinski definition) is 5. The van der Waals surface area contributed by atoms with Crippen LogP contribution in [0.4, 0.5) is 10.1 Å². The summed E-state index contributed by atoms with van der Waals surface area (Å²) in [5, 5.41) is 14.4. The van der Waals surface area contributed by atoms with Crippen molar-refractivity contribution < 1.29 is 4.92 Å². The molecule has 0 spiro atoms. The molecule has 1 aromatic heterocycles. The molecule has 1 saturated carbocycles. The normalized spacial score (nSPS) is 17.4. The molecule has 2 rings (SSSR count). The molecule has 5 nitrogen and oxygen atoms in total. The summed E-state index contributed by atoms with van der Waals surface area (Å²) in [6.45, 7) is 3.06. The Morgan fingerprint density at radius 3 is 2.93 bits per heavy atom. The lowest BCUT2D eigenvalue weighted by Crippen LogP contribution is -2.13. The van der Waals surface area contributed by atoms with Crippen LogP contribution in [0, 0.1) is 15.5 Å². The van der Waals surface area contributed by atoms with Gasteiger partial charge in [-0.25, -0.2) is 4.98 Å². The van der Waals surface area contributed by atoms with Gasteiger partial charge >= 0.3 is 5.00 Å². The van der Waals surface area contributed by atoms with Crippen molar-refractivity contribution in [2.24, 2.45) is 5.41 Å². The molecule has 1 aromatic rings. The molecule has 15 heavy (non-hydrogen) atoms. The number of thiazole rings is 1. The Kier molecular flexibility index (Phi) is 2.60. The van der Waals surface area contributed by atoms with Crippen molar-refractivity contribution in [3.63, 3.8) is 0 Å². The van der Waals surface area contributed by atoms with Crippen LogP contribution in [0.25, 0.3) is 0 Å². The summed E-state index contributed by atoms with van der Waals surface area (Å²) in [4.78, 5) is 14.0. The van der Waals surface area contributed by atoms with E-state index >= 15 is 0 Å². The minimum Gasteiger partial charge on any atom is -0.361 e. The van der Waals surface area contributed by atoms with Crippen molar-refractivity contribution in [3.05, 3.63) is 16.3 Å². The Hall–Kier alpha value is -1.17. The maximum Gasteiger partial charge on any atom is 0.345 e. The molecule has 1 N–H and O–H groups in total. The quantitative estimate of drug-likeness (QED) is 0.620. The van der Waals surface area contributed by atoms with E-state index in [4.69, 9.17) is 0 Å². The Morgan fingerprint density at radius 2 is 2.47 bits per heavy atom. The number of nitrogens with zero attached hydrogens (tertiary/aromatic N) is 2. The number of nitro groups is 1. The average molecular weight is 227 g/mol. The molecule has 1 heterocycles. The van der Waals surface area contributed by atoms with Gasteiger partial charge in [0.2, 0.25) is 0 Å². The fraction of sp³-hybridized carbons (Fsp3) is 0.667. The van der Waals surface area contributed by atoms with Gasteiger partial charge in [0, 0.05) is 6.54 Å². The summed E-state index contributed by atoms with van der Waals surface area (Å²) in [7, 11) is 0. The topological polar surface area (TPSA) is 68.1 Å².